The van der Waals surface area contributed by atoms with Gasteiger partial charge < -0.3 is 5.32 Å². The van der Waals surface area contributed by atoms with Crippen LogP contribution in [0.2, 0.25) is 0 Å². The van der Waals surface area contributed by atoms with Crippen LogP contribution in [-0.4, -0.2) is 21.3 Å². The minimum atomic E-state index is -0.249. The fourth-order valence-corrected chi connectivity index (χ4v) is 2.74. The van der Waals surface area contributed by atoms with Crippen LogP contribution in [0, 0.1) is 5.82 Å². The Hall–Kier alpha value is -1.75. The highest BCUT2D eigenvalue weighted by molar-refractivity contribution is 7.80. The van der Waals surface area contributed by atoms with Gasteiger partial charge in [0.1, 0.15) is 16.5 Å². The van der Waals surface area contributed by atoms with Gasteiger partial charge in [0.25, 0.3) is 0 Å². The van der Waals surface area contributed by atoms with E-state index in [-0.39, 0.29) is 5.82 Å². The molecule has 0 saturated heterocycles. The predicted octanol–water partition coefficient (Wildman–Crippen LogP) is 2.39. The maximum absolute atomic E-state index is 13.0. The summed E-state index contributed by atoms with van der Waals surface area (Å²) in [4.78, 5) is 0.720. The standard InChI is InChI=1S/C14H14FN3S/c1-2-12-11-7-8-16-14(19)13(11)18(17-12)10-5-3-9(15)4-6-10/h3-6H,2,7-8H2,1H3,(H,16,19). The van der Waals surface area contributed by atoms with Gasteiger partial charge in [-0.1, -0.05) is 19.1 Å². The Morgan fingerprint density at radius 3 is 2.79 bits per heavy atom. The number of nitrogens with one attached hydrogen (secondary N) is 1. The number of aromatic nitrogens is 2. The molecular formula is C14H14FN3S. The molecule has 0 radical (unpaired) electrons. The zero-order chi connectivity index (χ0) is 13.4. The summed E-state index contributed by atoms with van der Waals surface area (Å²) in [5.41, 5.74) is 4.08. The van der Waals surface area contributed by atoms with Crippen molar-refractivity contribution in [1.29, 1.82) is 0 Å². The molecule has 0 aliphatic carbocycles. The summed E-state index contributed by atoms with van der Waals surface area (Å²) in [6.45, 7) is 2.94. The highest BCUT2D eigenvalue weighted by atomic mass is 32.1. The molecule has 1 aromatic carbocycles. The van der Waals surface area contributed by atoms with Crippen LogP contribution in [0.4, 0.5) is 4.39 Å². The zero-order valence-electron chi connectivity index (χ0n) is 10.6. The molecule has 1 aliphatic heterocycles. The third-order valence-corrected chi connectivity index (χ3v) is 3.69. The van der Waals surface area contributed by atoms with Crippen molar-refractivity contribution >= 4 is 17.2 Å². The molecule has 1 aliphatic rings. The molecular weight excluding hydrogens is 261 g/mol. The number of hydrogen-bond donors (Lipinski definition) is 1. The first-order chi connectivity index (χ1) is 9.20. The highest BCUT2D eigenvalue weighted by Gasteiger charge is 2.24. The van der Waals surface area contributed by atoms with E-state index in [4.69, 9.17) is 12.2 Å². The van der Waals surface area contributed by atoms with Crippen molar-refractivity contribution < 1.29 is 4.39 Å². The minimum Gasteiger partial charge on any atom is -0.374 e. The van der Waals surface area contributed by atoms with Crippen molar-refractivity contribution in [3.63, 3.8) is 0 Å². The van der Waals surface area contributed by atoms with Crippen LogP contribution in [0.15, 0.2) is 24.3 Å². The van der Waals surface area contributed by atoms with Crippen LogP contribution >= 0.6 is 12.2 Å². The van der Waals surface area contributed by atoms with E-state index < -0.39 is 0 Å². The summed E-state index contributed by atoms with van der Waals surface area (Å²) in [5.74, 6) is -0.249. The van der Waals surface area contributed by atoms with E-state index >= 15 is 0 Å². The lowest BCUT2D eigenvalue weighted by Gasteiger charge is -2.17. The second-order valence-corrected chi connectivity index (χ2v) is 4.93. The number of hydrogen-bond acceptors (Lipinski definition) is 2. The fraction of sp³-hybridized carbons (Fsp3) is 0.286. The number of aryl methyl sites for hydroxylation is 1. The molecule has 0 spiro atoms. The monoisotopic (exact) mass is 275 g/mol. The molecule has 0 fully saturated rings. The fourth-order valence-electron chi connectivity index (χ4n) is 2.43. The molecule has 0 bridgehead atoms. The molecule has 3 nitrogen and oxygen atoms in total. The maximum Gasteiger partial charge on any atom is 0.125 e. The van der Waals surface area contributed by atoms with Crippen LogP contribution < -0.4 is 5.32 Å². The van der Waals surface area contributed by atoms with E-state index in [1.807, 2.05) is 4.68 Å². The molecule has 2 heterocycles. The first-order valence-corrected chi connectivity index (χ1v) is 6.76. The Balaban J connectivity index is 2.18. The summed E-state index contributed by atoms with van der Waals surface area (Å²) in [7, 11) is 0. The Labute approximate surface area is 116 Å². The normalized spacial score (nSPS) is 14.1. The second-order valence-electron chi connectivity index (χ2n) is 4.52. The lowest BCUT2D eigenvalue weighted by Crippen LogP contribution is -2.32. The highest BCUT2D eigenvalue weighted by Crippen LogP contribution is 2.23. The average molecular weight is 275 g/mol. The van der Waals surface area contributed by atoms with Crippen molar-refractivity contribution in [1.82, 2.24) is 15.1 Å². The first kappa shape index (κ1) is 12.3. The molecule has 2 aromatic rings. The lowest BCUT2D eigenvalue weighted by atomic mass is 10.0. The largest absolute Gasteiger partial charge is 0.374 e. The smallest absolute Gasteiger partial charge is 0.125 e. The van der Waals surface area contributed by atoms with E-state index in [0.717, 1.165) is 41.5 Å². The summed E-state index contributed by atoms with van der Waals surface area (Å²) in [5, 5.41) is 7.82. The molecule has 0 amide bonds. The quantitative estimate of drug-likeness (QED) is 0.854. The number of benzene rings is 1. The molecule has 5 heteroatoms. The second kappa shape index (κ2) is 4.74. The van der Waals surface area contributed by atoms with Crippen molar-refractivity contribution in [3.8, 4) is 5.69 Å². The summed E-state index contributed by atoms with van der Waals surface area (Å²) >= 11 is 5.39. The van der Waals surface area contributed by atoms with Gasteiger partial charge in [-0.2, -0.15) is 5.10 Å². The molecule has 0 saturated carbocycles. The van der Waals surface area contributed by atoms with Gasteiger partial charge in [-0.25, -0.2) is 9.07 Å². The van der Waals surface area contributed by atoms with Gasteiger partial charge in [0, 0.05) is 12.1 Å². The van der Waals surface area contributed by atoms with Crippen molar-refractivity contribution in [3.05, 3.63) is 47.0 Å². The van der Waals surface area contributed by atoms with Gasteiger partial charge in [-0.05, 0) is 37.1 Å². The van der Waals surface area contributed by atoms with Gasteiger partial charge >= 0.3 is 0 Å². The van der Waals surface area contributed by atoms with Crippen molar-refractivity contribution in [2.45, 2.75) is 19.8 Å². The van der Waals surface area contributed by atoms with E-state index in [1.165, 1.54) is 17.7 Å². The van der Waals surface area contributed by atoms with E-state index in [1.54, 1.807) is 12.1 Å². The van der Waals surface area contributed by atoms with Crippen molar-refractivity contribution in [2.24, 2.45) is 0 Å². The molecule has 3 rings (SSSR count). The molecule has 19 heavy (non-hydrogen) atoms. The van der Waals surface area contributed by atoms with E-state index in [2.05, 4.69) is 17.3 Å². The van der Waals surface area contributed by atoms with Gasteiger partial charge in [0.05, 0.1) is 11.4 Å². The zero-order valence-corrected chi connectivity index (χ0v) is 11.4. The average Bonchev–Trinajstić information content (AvgIpc) is 2.80. The number of rotatable bonds is 2. The van der Waals surface area contributed by atoms with Crippen LogP contribution in [0.1, 0.15) is 23.9 Å². The van der Waals surface area contributed by atoms with Crippen LogP contribution in [0.3, 0.4) is 0 Å². The molecule has 0 atom stereocenters. The predicted molar refractivity (Wildman–Crippen MR) is 76.3 cm³/mol. The summed E-state index contributed by atoms with van der Waals surface area (Å²) < 4.78 is 14.8. The Kier molecular flexibility index (Phi) is 3.06. The van der Waals surface area contributed by atoms with Crippen molar-refractivity contribution in [2.75, 3.05) is 6.54 Å². The number of thiocarbonyl (C=S) groups is 1. The van der Waals surface area contributed by atoms with Gasteiger partial charge in [-0.3, -0.25) is 0 Å². The van der Waals surface area contributed by atoms with E-state index in [9.17, 15) is 4.39 Å². The third-order valence-electron chi connectivity index (χ3n) is 3.35. The Bertz CT molecular complexity index is 631. The molecule has 1 N–H and O–H groups in total. The van der Waals surface area contributed by atoms with Crippen LogP contribution in [0.5, 0.6) is 0 Å². The topological polar surface area (TPSA) is 29.9 Å². The molecule has 1 aromatic heterocycles. The third kappa shape index (κ3) is 2.04. The minimum absolute atomic E-state index is 0.249. The number of nitrogens with zero attached hydrogens (tertiary/aromatic N) is 2. The van der Waals surface area contributed by atoms with Gasteiger partial charge in [0.2, 0.25) is 0 Å². The van der Waals surface area contributed by atoms with Gasteiger partial charge in [-0.15, -0.1) is 0 Å². The van der Waals surface area contributed by atoms with Crippen LogP contribution in [-0.2, 0) is 12.8 Å². The summed E-state index contributed by atoms with van der Waals surface area (Å²) in [6.07, 6.45) is 1.80. The van der Waals surface area contributed by atoms with E-state index in [0.29, 0.717) is 0 Å². The number of fused-ring (bicyclic) bond motifs is 1. The lowest BCUT2D eigenvalue weighted by molar-refractivity contribution is 0.627. The van der Waals surface area contributed by atoms with Crippen LogP contribution in [0.25, 0.3) is 5.69 Å². The Morgan fingerprint density at radius 2 is 2.11 bits per heavy atom. The maximum atomic E-state index is 13.0. The molecule has 98 valence electrons. The Morgan fingerprint density at radius 1 is 1.37 bits per heavy atom. The SMILES string of the molecule is CCc1nn(-c2ccc(F)cc2)c2c1CCNC2=S. The number of halogens is 1. The summed E-state index contributed by atoms with van der Waals surface area (Å²) in [6, 6.07) is 6.32. The van der Waals surface area contributed by atoms with Gasteiger partial charge in [0.15, 0.2) is 0 Å². The first-order valence-electron chi connectivity index (χ1n) is 6.35. The molecule has 0 unspecified atom stereocenters.